The Morgan fingerprint density at radius 3 is 2.77 bits per heavy atom. The van der Waals surface area contributed by atoms with Gasteiger partial charge in [-0.3, -0.25) is 9.59 Å². The first-order valence-corrected chi connectivity index (χ1v) is 10.1. The van der Waals surface area contributed by atoms with Gasteiger partial charge in [0.25, 0.3) is 0 Å². The summed E-state index contributed by atoms with van der Waals surface area (Å²) in [5.74, 6) is 0.575. The molecule has 0 atom stereocenters. The summed E-state index contributed by atoms with van der Waals surface area (Å²) in [7, 11) is 0. The van der Waals surface area contributed by atoms with Crippen molar-refractivity contribution in [3.8, 4) is 11.4 Å². The Labute approximate surface area is 179 Å². The van der Waals surface area contributed by atoms with Crippen molar-refractivity contribution in [3.05, 3.63) is 72.1 Å². The van der Waals surface area contributed by atoms with E-state index in [0.717, 1.165) is 5.69 Å². The molecule has 0 aliphatic carbocycles. The molecule has 1 aliphatic heterocycles. The van der Waals surface area contributed by atoms with Gasteiger partial charge in [-0.1, -0.05) is 18.2 Å². The lowest BCUT2D eigenvalue weighted by atomic mass is 10.1. The number of halogens is 1. The smallest absolute Gasteiger partial charge is 0.227 e. The molecular weight excluding hydrogens is 399 g/mol. The van der Waals surface area contributed by atoms with Crippen LogP contribution >= 0.6 is 0 Å². The molecule has 1 aromatic heterocycles. The van der Waals surface area contributed by atoms with Gasteiger partial charge in [-0.15, -0.1) is 0 Å². The Balaban J connectivity index is 1.30. The summed E-state index contributed by atoms with van der Waals surface area (Å²) in [6, 6.07) is 12.2. The van der Waals surface area contributed by atoms with E-state index in [2.05, 4.69) is 10.3 Å². The molecule has 1 N–H and O–H groups in total. The van der Waals surface area contributed by atoms with E-state index >= 15 is 0 Å². The van der Waals surface area contributed by atoms with Crippen LogP contribution in [0.2, 0.25) is 0 Å². The van der Waals surface area contributed by atoms with Gasteiger partial charge in [0.15, 0.2) is 0 Å². The van der Waals surface area contributed by atoms with E-state index in [9.17, 15) is 14.0 Å². The average Bonchev–Trinajstić information content (AvgIpc) is 3.21. The number of nitrogens with one attached hydrogen (secondary N) is 1. The third kappa shape index (κ3) is 4.58. The number of imidazole rings is 1. The fourth-order valence-electron chi connectivity index (χ4n) is 3.56. The number of carbonyl (C=O) groups excluding carboxylic acids is 2. The number of benzene rings is 2. The number of fused-ring (bicyclic) bond motifs is 1. The Bertz CT molecular complexity index is 1110. The highest BCUT2D eigenvalue weighted by Crippen LogP contribution is 2.31. The van der Waals surface area contributed by atoms with E-state index in [1.807, 2.05) is 24.3 Å². The third-order valence-corrected chi connectivity index (χ3v) is 5.18. The van der Waals surface area contributed by atoms with Gasteiger partial charge in [-0.25, -0.2) is 9.37 Å². The lowest BCUT2D eigenvalue weighted by molar-refractivity contribution is -0.125. The predicted octanol–water partition coefficient (Wildman–Crippen LogP) is 3.14. The third-order valence-electron chi connectivity index (χ3n) is 5.18. The van der Waals surface area contributed by atoms with Crippen molar-refractivity contribution in [2.75, 3.05) is 18.1 Å². The Morgan fingerprint density at radius 2 is 2.00 bits per heavy atom. The molecule has 0 unspecified atom stereocenters. The van der Waals surface area contributed by atoms with Gasteiger partial charge in [0.1, 0.15) is 24.0 Å². The Hall–Kier alpha value is -3.68. The summed E-state index contributed by atoms with van der Waals surface area (Å²) >= 11 is 0. The van der Waals surface area contributed by atoms with E-state index < -0.39 is 5.82 Å². The second kappa shape index (κ2) is 8.99. The summed E-state index contributed by atoms with van der Waals surface area (Å²) in [4.78, 5) is 30.6. The van der Waals surface area contributed by atoms with E-state index in [1.165, 1.54) is 6.07 Å². The van der Waals surface area contributed by atoms with Crippen LogP contribution in [0.1, 0.15) is 24.2 Å². The molecule has 0 saturated heterocycles. The molecule has 1 aliphatic rings. The van der Waals surface area contributed by atoms with Crippen LogP contribution in [0.25, 0.3) is 5.69 Å². The summed E-state index contributed by atoms with van der Waals surface area (Å²) in [5.41, 5.74) is 1.77. The normalized spacial score (nSPS) is 12.8. The van der Waals surface area contributed by atoms with Gasteiger partial charge < -0.3 is 19.5 Å². The highest BCUT2D eigenvalue weighted by atomic mass is 19.1. The number of hydrogen-bond donors (Lipinski definition) is 1. The van der Waals surface area contributed by atoms with E-state index in [-0.39, 0.29) is 31.2 Å². The van der Waals surface area contributed by atoms with Crippen LogP contribution in [0.3, 0.4) is 0 Å². The number of aromatic nitrogens is 2. The molecule has 0 saturated carbocycles. The minimum absolute atomic E-state index is 0.0627. The minimum atomic E-state index is -0.394. The monoisotopic (exact) mass is 422 g/mol. The Kier molecular flexibility index (Phi) is 5.97. The zero-order chi connectivity index (χ0) is 21.8. The first kappa shape index (κ1) is 20.6. The van der Waals surface area contributed by atoms with Crippen LogP contribution in [0.5, 0.6) is 5.75 Å². The highest BCUT2D eigenvalue weighted by molar-refractivity contribution is 5.97. The standard InChI is InChI=1S/C23H23FN4O3/c1-16-25-10-11-27(16)19-7-6-17(14-18(19)24)15-26-22(29)8-9-23(30)28-12-13-31-21-5-3-2-4-20(21)28/h2-7,10-11,14H,8-9,12-13,15H2,1H3,(H,26,29). The largest absolute Gasteiger partial charge is 0.490 e. The quantitative estimate of drug-likeness (QED) is 0.662. The molecule has 31 heavy (non-hydrogen) atoms. The average molecular weight is 422 g/mol. The van der Waals surface area contributed by atoms with Crippen LogP contribution in [0.4, 0.5) is 10.1 Å². The maximum atomic E-state index is 14.5. The maximum Gasteiger partial charge on any atom is 0.227 e. The molecule has 2 heterocycles. The number of para-hydroxylation sites is 2. The number of ether oxygens (including phenoxy) is 1. The summed E-state index contributed by atoms with van der Waals surface area (Å²) in [6.45, 7) is 2.87. The molecule has 0 radical (unpaired) electrons. The highest BCUT2D eigenvalue weighted by Gasteiger charge is 2.23. The topological polar surface area (TPSA) is 76.5 Å². The molecular formula is C23H23FN4O3. The number of anilines is 1. The lowest BCUT2D eigenvalue weighted by Crippen LogP contribution is -2.38. The van der Waals surface area contributed by atoms with Gasteiger partial charge >= 0.3 is 0 Å². The van der Waals surface area contributed by atoms with Crippen molar-refractivity contribution < 1.29 is 18.7 Å². The fraction of sp³-hybridized carbons (Fsp3) is 0.261. The molecule has 0 bridgehead atoms. The number of amides is 2. The second-order valence-electron chi connectivity index (χ2n) is 7.27. The van der Waals surface area contributed by atoms with Crippen molar-refractivity contribution in [2.45, 2.75) is 26.3 Å². The molecule has 7 nitrogen and oxygen atoms in total. The molecule has 3 aromatic rings. The Morgan fingerprint density at radius 1 is 1.16 bits per heavy atom. The van der Waals surface area contributed by atoms with Crippen LogP contribution in [-0.2, 0) is 16.1 Å². The van der Waals surface area contributed by atoms with Gasteiger partial charge in [-0.2, -0.15) is 0 Å². The van der Waals surface area contributed by atoms with E-state index in [4.69, 9.17) is 4.74 Å². The molecule has 160 valence electrons. The summed E-state index contributed by atoms with van der Waals surface area (Å²) in [6.07, 6.45) is 3.46. The lowest BCUT2D eigenvalue weighted by Gasteiger charge is -2.29. The number of rotatable bonds is 6. The zero-order valence-electron chi connectivity index (χ0n) is 17.2. The molecule has 0 spiro atoms. The predicted molar refractivity (Wildman–Crippen MR) is 114 cm³/mol. The summed E-state index contributed by atoms with van der Waals surface area (Å²) in [5, 5.41) is 2.75. The van der Waals surface area contributed by atoms with Crippen molar-refractivity contribution in [1.29, 1.82) is 0 Å². The van der Waals surface area contributed by atoms with Gasteiger partial charge in [0, 0.05) is 31.8 Å². The molecule has 8 heteroatoms. The van der Waals surface area contributed by atoms with E-state index in [0.29, 0.717) is 36.0 Å². The first-order chi connectivity index (χ1) is 15.0. The second-order valence-corrected chi connectivity index (χ2v) is 7.27. The van der Waals surface area contributed by atoms with Gasteiger partial charge in [0.2, 0.25) is 11.8 Å². The molecule has 2 aromatic carbocycles. The number of aryl methyl sites for hydroxylation is 1. The number of hydrogen-bond acceptors (Lipinski definition) is 4. The number of nitrogens with zero attached hydrogens (tertiary/aromatic N) is 3. The SMILES string of the molecule is Cc1nccn1-c1ccc(CNC(=O)CCC(=O)N2CCOc3ccccc32)cc1F. The van der Waals surface area contributed by atoms with Crippen LogP contribution in [0, 0.1) is 12.7 Å². The van der Waals surface area contributed by atoms with Gasteiger partial charge in [0.05, 0.1) is 17.9 Å². The number of carbonyl (C=O) groups is 2. The fourth-order valence-corrected chi connectivity index (χ4v) is 3.56. The van der Waals surface area contributed by atoms with Crippen LogP contribution in [0.15, 0.2) is 54.9 Å². The first-order valence-electron chi connectivity index (χ1n) is 10.1. The van der Waals surface area contributed by atoms with E-state index in [1.54, 1.807) is 40.9 Å². The molecule has 4 rings (SSSR count). The minimum Gasteiger partial charge on any atom is -0.490 e. The van der Waals surface area contributed by atoms with Crippen LogP contribution in [-0.4, -0.2) is 34.5 Å². The van der Waals surface area contributed by atoms with Crippen molar-refractivity contribution in [1.82, 2.24) is 14.9 Å². The van der Waals surface area contributed by atoms with Crippen molar-refractivity contribution in [3.63, 3.8) is 0 Å². The van der Waals surface area contributed by atoms with Crippen LogP contribution < -0.4 is 15.0 Å². The zero-order valence-corrected chi connectivity index (χ0v) is 17.2. The van der Waals surface area contributed by atoms with Crippen molar-refractivity contribution in [2.24, 2.45) is 0 Å². The van der Waals surface area contributed by atoms with Gasteiger partial charge in [-0.05, 0) is 36.8 Å². The molecule has 0 fully saturated rings. The summed E-state index contributed by atoms with van der Waals surface area (Å²) < 4.78 is 21.7. The molecule has 2 amide bonds. The maximum absolute atomic E-state index is 14.5. The van der Waals surface area contributed by atoms with Crippen molar-refractivity contribution >= 4 is 17.5 Å².